The van der Waals surface area contributed by atoms with E-state index in [9.17, 15) is 14.4 Å². The molecule has 0 aromatic carbocycles. The van der Waals surface area contributed by atoms with Crippen LogP contribution in [0.5, 0.6) is 0 Å². The van der Waals surface area contributed by atoms with Crippen LogP contribution in [0.2, 0.25) is 0 Å². The number of carbonyl (C=O) groups is 3. The number of Topliss-reactive ketones (excluding diaryl/α,β-unsaturated/α-hetero) is 1. The maximum absolute atomic E-state index is 12.0. The molecule has 0 aliphatic heterocycles. The highest BCUT2D eigenvalue weighted by Gasteiger charge is 2.23. The molecule has 0 heterocycles. The molecule has 2 unspecified atom stereocenters. The average Bonchev–Trinajstić information content (AvgIpc) is 2.62. The first kappa shape index (κ1) is 27.6. The van der Waals surface area contributed by atoms with Gasteiger partial charge in [0, 0.05) is 12.8 Å². The normalized spacial score (nSPS) is 13.6. The number of methoxy groups -OCH3 is 1. The van der Waals surface area contributed by atoms with Crippen molar-refractivity contribution in [2.24, 2.45) is 11.3 Å². The predicted octanol–water partition coefficient (Wildman–Crippen LogP) is 6.02. The number of hydrogen-bond donors (Lipinski definition) is 0. The van der Waals surface area contributed by atoms with E-state index < -0.39 is 0 Å². The zero-order valence-corrected chi connectivity index (χ0v) is 19.7. The molecule has 0 rings (SSSR count). The van der Waals surface area contributed by atoms with Gasteiger partial charge in [-0.1, -0.05) is 46.5 Å². The Hall–Kier alpha value is -1.39. The second-order valence-electron chi connectivity index (χ2n) is 9.13. The van der Waals surface area contributed by atoms with E-state index in [1.54, 1.807) is 6.92 Å². The van der Waals surface area contributed by atoms with Gasteiger partial charge in [0.05, 0.1) is 13.5 Å². The van der Waals surface area contributed by atoms with Crippen molar-refractivity contribution < 1.29 is 23.9 Å². The van der Waals surface area contributed by atoms with E-state index in [-0.39, 0.29) is 35.2 Å². The van der Waals surface area contributed by atoms with E-state index >= 15 is 0 Å². The van der Waals surface area contributed by atoms with Crippen LogP contribution in [0, 0.1) is 11.3 Å². The van der Waals surface area contributed by atoms with Crippen LogP contribution < -0.4 is 0 Å². The Labute approximate surface area is 178 Å². The first-order valence-corrected chi connectivity index (χ1v) is 11.4. The highest BCUT2D eigenvalue weighted by molar-refractivity contribution is 5.78. The van der Waals surface area contributed by atoms with Gasteiger partial charge < -0.3 is 9.47 Å². The lowest BCUT2D eigenvalue weighted by Crippen LogP contribution is -2.19. The van der Waals surface area contributed by atoms with E-state index in [1.807, 2.05) is 0 Å². The second kappa shape index (κ2) is 15.4. The minimum Gasteiger partial charge on any atom is -0.469 e. The van der Waals surface area contributed by atoms with Gasteiger partial charge in [0.15, 0.2) is 0 Å². The van der Waals surface area contributed by atoms with Crippen LogP contribution in [-0.4, -0.2) is 30.9 Å². The number of hydrogen-bond acceptors (Lipinski definition) is 5. The van der Waals surface area contributed by atoms with Gasteiger partial charge in [-0.3, -0.25) is 14.4 Å². The molecule has 29 heavy (non-hydrogen) atoms. The van der Waals surface area contributed by atoms with Crippen LogP contribution in [0.3, 0.4) is 0 Å². The maximum Gasteiger partial charge on any atom is 0.306 e. The summed E-state index contributed by atoms with van der Waals surface area (Å²) in [4.78, 5) is 34.8. The van der Waals surface area contributed by atoms with Crippen molar-refractivity contribution in [2.45, 2.75) is 118 Å². The van der Waals surface area contributed by atoms with E-state index in [0.717, 1.165) is 70.6 Å². The summed E-state index contributed by atoms with van der Waals surface area (Å²) in [5.74, 6) is -0.0664. The Morgan fingerprint density at radius 2 is 1.45 bits per heavy atom. The monoisotopic (exact) mass is 412 g/mol. The van der Waals surface area contributed by atoms with Crippen LogP contribution in [0.15, 0.2) is 0 Å². The Morgan fingerprint density at radius 1 is 0.862 bits per heavy atom. The maximum atomic E-state index is 12.0. The van der Waals surface area contributed by atoms with Crippen molar-refractivity contribution in [1.82, 2.24) is 0 Å². The van der Waals surface area contributed by atoms with Gasteiger partial charge in [0.25, 0.3) is 0 Å². The molecule has 170 valence electrons. The molecule has 0 spiro atoms. The topological polar surface area (TPSA) is 69.7 Å². The summed E-state index contributed by atoms with van der Waals surface area (Å²) in [6.45, 7) is 9.47. The van der Waals surface area contributed by atoms with E-state index in [1.165, 1.54) is 14.0 Å². The van der Waals surface area contributed by atoms with Crippen LogP contribution in [0.4, 0.5) is 0 Å². The Bertz CT molecular complexity index is 484. The number of esters is 2. The zero-order valence-electron chi connectivity index (χ0n) is 19.7. The van der Waals surface area contributed by atoms with Gasteiger partial charge in [0.1, 0.15) is 11.9 Å². The lowest BCUT2D eigenvalue weighted by atomic mass is 9.82. The first-order chi connectivity index (χ1) is 13.6. The molecule has 0 aliphatic carbocycles. The highest BCUT2D eigenvalue weighted by Crippen LogP contribution is 2.29. The van der Waals surface area contributed by atoms with Crippen molar-refractivity contribution >= 4 is 17.7 Å². The third-order valence-electron chi connectivity index (χ3n) is 5.62. The van der Waals surface area contributed by atoms with Gasteiger partial charge in [-0.05, 0) is 57.3 Å². The molecule has 0 radical (unpaired) electrons. The van der Waals surface area contributed by atoms with Crippen LogP contribution in [-0.2, 0) is 23.9 Å². The summed E-state index contributed by atoms with van der Waals surface area (Å²) in [5, 5.41) is 0. The van der Waals surface area contributed by atoms with Crippen molar-refractivity contribution in [3.05, 3.63) is 0 Å². The number of ketones is 1. The van der Waals surface area contributed by atoms with E-state index in [2.05, 4.69) is 20.8 Å². The Balaban J connectivity index is 4.31. The third kappa shape index (κ3) is 15.2. The first-order valence-electron chi connectivity index (χ1n) is 11.4. The lowest BCUT2D eigenvalue weighted by molar-refractivity contribution is -0.147. The molecule has 0 aliphatic rings. The number of rotatable bonds is 17. The summed E-state index contributed by atoms with van der Waals surface area (Å²) in [7, 11) is 1.42. The molecule has 0 saturated heterocycles. The summed E-state index contributed by atoms with van der Waals surface area (Å²) in [6, 6.07) is 0. The van der Waals surface area contributed by atoms with Crippen LogP contribution in [0.25, 0.3) is 0 Å². The molecule has 2 atom stereocenters. The summed E-state index contributed by atoms with van der Waals surface area (Å²) in [5.41, 5.74) is -0.0748. The summed E-state index contributed by atoms with van der Waals surface area (Å²) >= 11 is 0. The molecular formula is C24H44O5. The predicted molar refractivity (Wildman–Crippen MR) is 117 cm³/mol. The molecular weight excluding hydrogens is 368 g/mol. The fraction of sp³-hybridized carbons (Fsp3) is 0.875. The number of unbranched alkanes of at least 4 members (excludes halogenated alkanes) is 3. The molecule has 0 aromatic heterocycles. The second-order valence-corrected chi connectivity index (χ2v) is 9.13. The molecule has 0 fully saturated rings. The third-order valence-corrected chi connectivity index (χ3v) is 5.62. The fourth-order valence-corrected chi connectivity index (χ4v) is 3.81. The molecule has 0 aromatic rings. The molecule has 5 heteroatoms. The largest absolute Gasteiger partial charge is 0.469 e. The molecule has 0 amide bonds. The van der Waals surface area contributed by atoms with Gasteiger partial charge in [-0.15, -0.1) is 0 Å². The van der Waals surface area contributed by atoms with Gasteiger partial charge in [0.2, 0.25) is 0 Å². The molecule has 0 N–H and O–H groups in total. The van der Waals surface area contributed by atoms with Crippen LogP contribution in [0.1, 0.15) is 112 Å². The summed E-state index contributed by atoms with van der Waals surface area (Å²) in [6.07, 6.45) is 11.1. The molecule has 0 saturated carbocycles. The Morgan fingerprint density at radius 3 is 2.00 bits per heavy atom. The molecule has 5 nitrogen and oxygen atoms in total. The number of carbonyl (C=O) groups excluding carboxylic acids is 3. The smallest absolute Gasteiger partial charge is 0.306 e. The van der Waals surface area contributed by atoms with E-state index in [4.69, 9.17) is 9.47 Å². The quantitative estimate of drug-likeness (QED) is 0.216. The molecule has 0 bridgehead atoms. The zero-order chi connectivity index (χ0) is 22.3. The average molecular weight is 413 g/mol. The van der Waals surface area contributed by atoms with Crippen LogP contribution >= 0.6 is 0 Å². The van der Waals surface area contributed by atoms with Crippen molar-refractivity contribution in [3.63, 3.8) is 0 Å². The van der Waals surface area contributed by atoms with Gasteiger partial charge in [-0.2, -0.15) is 0 Å². The minimum absolute atomic E-state index is 0.0224. The van der Waals surface area contributed by atoms with Crippen molar-refractivity contribution in [1.29, 1.82) is 0 Å². The Kier molecular flexibility index (Phi) is 14.7. The fourth-order valence-electron chi connectivity index (χ4n) is 3.81. The lowest BCUT2D eigenvalue weighted by Gasteiger charge is -2.23. The van der Waals surface area contributed by atoms with Crippen molar-refractivity contribution in [3.8, 4) is 0 Å². The standard InChI is InChI=1S/C24H44O5/c1-7-8-9-15-22(29-20(3)26)16-12-14-21(19(2)25)13-10-11-17-24(4,5)18-23(27)28-6/h21-22H,7-18H2,1-6H3. The van der Waals surface area contributed by atoms with Gasteiger partial charge in [-0.25, -0.2) is 0 Å². The van der Waals surface area contributed by atoms with Crippen molar-refractivity contribution in [2.75, 3.05) is 7.11 Å². The van der Waals surface area contributed by atoms with E-state index in [0.29, 0.717) is 6.42 Å². The number of ether oxygens (including phenoxy) is 2. The van der Waals surface area contributed by atoms with Gasteiger partial charge >= 0.3 is 11.9 Å². The minimum atomic E-state index is -0.218. The SMILES string of the molecule is CCCCCC(CCCC(CCCCC(C)(C)CC(=O)OC)C(C)=O)OC(C)=O. The summed E-state index contributed by atoms with van der Waals surface area (Å²) < 4.78 is 10.2. The highest BCUT2D eigenvalue weighted by atomic mass is 16.5.